The number of amides is 1. The van der Waals surface area contributed by atoms with Crippen LogP contribution in [-0.4, -0.2) is 29.3 Å². The number of hydrogen-bond donors (Lipinski definition) is 2. The van der Waals surface area contributed by atoms with E-state index in [0.717, 1.165) is 29.8 Å². The van der Waals surface area contributed by atoms with Crippen LogP contribution >= 0.6 is 0 Å². The fourth-order valence-corrected chi connectivity index (χ4v) is 2.19. The van der Waals surface area contributed by atoms with E-state index in [1.807, 2.05) is 30.3 Å². The third-order valence-electron chi connectivity index (χ3n) is 3.62. The molecule has 1 aromatic heterocycles. The lowest BCUT2D eigenvalue weighted by atomic mass is 10.1. The molecule has 1 fully saturated rings. The first kappa shape index (κ1) is 14.9. The summed E-state index contributed by atoms with van der Waals surface area (Å²) in [5, 5.41) is 19.0. The second kappa shape index (κ2) is 6.36. The Bertz CT molecular complexity index is 780. The number of nitrogens with zero attached hydrogens (tertiary/aromatic N) is 2. The molecule has 2 aromatic rings. The van der Waals surface area contributed by atoms with Gasteiger partial charge in [-0.1, -0.05) is 0 Å². The van der Waals surface area contributed by atoms with Gasteiger partial charge >= 0.3 is 0 Å². The Balaban J connectivity index is 1.88. The van der Waals surface area contributed by atoms with E-state index < -0.39 is 0 Å². The minimum atomic E-state index is -0.336. The number of ether oxygens (including phenoxy) is 1. The molecule has 1 heterocycles. The lowest BCUT2D eigenvalue weighted by Crippen LogP contribution is -2.26. The summed E-state index contributed by atoms with van der Waals surface area (Å²) in [6, 6.07) is 9.63. The molecular weight excluding hydrogens is 292 g/mol. The number of rotatable bonds is 5. The molecule has 1 aromatic carbocycles. The first-order chi connectivity index (χ1) is 11.2. The average molecular weight is 308 g/mol. The number of aromatic nitrogens is 2. The topological polar surface area (TPSA) is 90.8 Å². The molecule has 1 saturated carbocycles. The summed E-state index contributed by atoms with van der Waals surface area (Å²) in [7, 11) is 1.61. The van der Waals surface area contributed by atoms with E-state index in [1.165, 1.54) is 0 Å². The van der Waals surface area contributed by atoms with Gasteiger partial charge in [-0.15, -0.1) is 0 Å². The first-order valence-electron chi connectivity index (χ1n) is 7.31. The van der Waals surface area contributed by atoms with E-state index in [-0.39, 0.29) is 17.5 Å². The van der Waals surface area contributed by atoms with Gasteiger partial charge in [-0.3, -0.25) is 9.89 Å². The molecule has 0 radical (unpaired) electrons. The molecule has 0 spiro atoms. The molecule has 6 nitrogen and oxygen atoms in total. The SMILES string of the molecule is COc1ccc(-c2[nH]ncc2C=C(C#N)C(=O)NC2CC2)cc1. The van der Waals surface area contributed by atoms with Gasteiger partial charge in [-0.25, -0.2) is 0 Å². The van der Waals surface area contributed by atoms with Crippen molar-refractivity contribution in [2.75, 3.05) is 7.11 Å². The maximum absolute atomic E-state index is 12.0. The van der Waals surface area contributed by atoms with Crippen LogP contribution in [0.4, 0.5) is 0 Å². The van der Waals surface area contributed by atoms with Gasteiger partial charge in [0.25, 0.3) is 5.91 Å². The fourth-order valence-electron chi connectivity index (χ4n) is 2.19. The minimum Gasteiger partial charge on any atom is -0.497 e. The van der Waals surface area contributed by atoms with Gasteiger partial charge in [0.15, 0.2) is 0 Å². The Hall–Kier alpha value is -3.07. The van der Waals surface area contributed by atoms with E-state index in [2.05, 4.69) is 15.5 Å². The largest absolute Gasteiger partial charge is 0.497 e. The van der Waals surface area contributed by atoms with Gasteiger partial charge in [-0.05, 0) is 43.2 Å². The molecule has 1 amide bonds. The molecule has 0 bridgehead atoms. The number of hydrogen-bond acceptors (Lipinski definition) is 4. The third-order valence-corrected chi connectivity index (χ3v) is 3.62. The van der Waals surface area contributed by atoms with E-state index in [9.17, 15) is 10.1 Å². The van der Waals surface area contributed by atoms with Crippen LogP contribution in [0.5, 0.6) is 5.75 Å². The summed E-state index contributed by atoms with van der Waals surface area (Å²) in [5.74, 6) is 0.420. The zero-order valence-electron chi connectivity index (χ0n) is 12.7. The van der Waals surface area contributed by atoms with Crippen molar-refractivity contribution in [2.45, 2.75) is 18.9 Å². The predicted octanol–water partition coefficient (Wildman–Crippen LogP) is 2.27. The summed E-state index contributed by atoms with van der Waals surface area (Å²) < 4.78 is 5.14. The highest BCUT2D eigenvalue weighted by molar-refractivity contribution is 6.02. The monoisotopic (exact) mass is 308 g/mol. The fraction of sp³-hybridized carbons (Fsp3) is 0.235. The number of carbonyl (C=O) groups excluding carboxylic acids is 1. The zero-order valence-corrected chi connectivity index (χ0v) is 12.7. The predicted molar refractivity (Wildman–Crippen MR) is 85.3 cm³/mol. The summed E-state index contributed by atoms with van der Waals surface area (Å²) in [5.41, 5.74) is 2.42. The first-order valence-corrected chi connectivity index (χ1v) is 7.31. The molecule has 23 heavy (non-hydrogen) atoms. The van der Waals surface area contributed by atoms with Crippen molar-refractivity contribution in [1.29, 1.82) is 5.26 Å². The van der Waals surface area contributed by atoms with Gasteiger partial charge < -0.3 is 10.1 Å². The number of benzene rings is 1. The summed E-state index contributed by atoms with van der Waals surface area (Å²) >= 11 is 0. The van der Waals surface area contributed by atoms with E-state index in [4.69, 9.17) is 4.74 Å². The van der Waals surface area contributed by atoms with Crippen LogP contribution in [0, 0.1) is 11.3 Å². The zero-order chi connectivity index (χ0) is 16.2. The van der Waals surface area contributed by atoms with Crippen molar-refractivity contribution < 1.29 is 9.53 Å². The van der Waals surface area contributed by atoms with Crippen LogP contribution in [0.3, 0.4) is 0 Å². The van der Waals surface area contributed by atoms with Crippen molar-refractivity contribution in [2.24, 2.45) is 0 Å². The summed E-state index contributed by atoms with van der Waals surface area (Å²) in [6.07, 6.45) is 5.11. The molecular formula is C17H16N4O2. The van der Waals surface area contributed by atoms with Crippen LogP contribution in [0.15, 0.2) is 36.0 Å². The highest BCUT2D eigenvalue weighted by atomic mass is 16.5. The quantitative estimate of drug-likeness (QED) is 0.655. The normalized spacial score (nSPS) is 14.2. The van der Waals surface area contributed by atoms with Gasteiger partial charge in [0.1, 0.15) is 17.4 Å². The smallest absolute Gasteiger partial charge is 0.262 e. The Kier molecular flexibility index (Phi) is 4.11. The number of aromatic amines is 1. The Morgan fingerprint density at radius 3 is 2.78 bits per heavy atom. The van der Waals surface area contributed by atoms with Crippen molar-refractivity contribution in [3.05, 3.63) is 41.6 Å². The second-order valence-corrected chi connectivity index (χ2v) is 5.35. The van der Waals surface area contributed by atoms with Crippen LogP contribution in [0.1, 0.15) is 18.4 Å². The molecule has 2 N–H and O–H groups in total. The van der Waals surface area contributed by atoms with Gasteiger partial charge in [0.05, 0.1) is 19.0 Å². The third kappa shape index (κ3) is 3.40. The molecule has 1 aliphatic rings. The van der Waals surface area contributed by atoms with E-state index in [1.54, 1.807) is 19.4 Å². The molecule has 6 heteroatoms. The van der Waals surface area contributed by atoms with Crippen LogP contribution < -0.4 is 10.1 Å². The molecule has 1 aliphatic carbocycles. The Morgan fingerprint density at radius 1 is 1.43 bits per heavy atom. The minimum absolute atomic E-state index is 0.0769. The number of nitriles is 1. The lowest BCUT2D eigenvalue weighted by molar-refractivity contribution is -0.117. The second-order valence-electron chi connectivity index (χ2n) is 5.35. The number of nitrogens with one attached hydrogen (secondary N) is 2. The Labute approximate surface area is 133 Å². The summed E-state index contributed by atoms with van der Waals surface area (Å²) in [4.78, 5) is 12.0. The van der Waals surface area contributed by atoms with Crippen molar-refractivity contribution in [3.8, 4) is 23.1 Å². The highest BCUT2D eigenvalue weighted by Crippen LogP contribution is 2.25. The molecule has 0 unspecified atom stereocenters. The number of H-pyrrole nitrogens is 1. The average Bonchev–Trinajstić information content (AvgIpc) is 3.27. The maximum Gasteiger partial charge on any atom is 0.262 e. The van der Waals surface area contributed by atoms with Gasteiger partial charge in [0.2, 0.25) is 0 Å². The lowest BCUT2D eigenvalue weighted by Gasteiger charge is -2.04. The summed E-state index contributed by atoms with van der Waals surface area (Å²) in [6.45, 7) is 0. The van der Waals surface area contributed by atoms with Gasteiger partial charge in [-0.2, -0.15) is 10.4 Å². The maximum atomic E-state index is 12.0. The molecule has 0 atom stereocenters. The van der Waals surface area contributed by atoms with Crippen LogP contribution in [0.25, 0.3) is 17.3 Å². The standard InChI is InChI=1S/C17H16N4O2/c1-23-15-6-2-11(3-7-15)16-13(10-19-21-16)8-12(9-18)17(22)20-14-4-5-14/h2-3,6-8,10,14H,4-5H2,1H3,(H,19,21)(H,20,22). The van der Waals surface area contributed by atoms with E-state index >= 15 is 0 Å². The van der Waals surface area contributed by atoms with Crippen molar-refractivity contribution >= 4 is 12.0 Å². The van der Waals surface area contributed by atoms with Crippen molar-refractivity contribution in [3.63, 3.8) is 0 Å². The van der Waals surface area contributed by atoms with Crippen LogP contribution in [-0.2, 0) is 4.79 Å². The number of carbonyl (C=O) groups is 1. The number of methoxy groups -OCH3 is 1. The van der Waals surface area contributed by atoms with E-state index in [0.29, 0.717) is 5.56 Å². The van der Waals surface area contributed by atoms with Gasteiger partial charge in [0, 0.05) is 17.2 Å². The molecule has 116 valence electrons. The highest BCUT2D eigenvalue weighted by Gasteiger charge is 2.24. The van der Waals surface area contributed by atoms with Crippen molar-refractivity contribution in [1.82, 2.24) is 15.5 Å². The molecule has 0 saturated heterocycles. The molecule has 0 aliphatic heterocycles. The van der Waals surface area contributed by atoms with Crippen LogP contribution in [0.2, 0.25) is 0 Å². The Morgan fingerprint density at radius 2 is 2.17 bits per heavy atom. The molecule has 3 rings (SSSR count).